The first kappa shape index (κ1) is 15.0. The Labute approximate surface area is 141 Å². The minimum Gasteiger partial charge on any atom is -0.258 e. The molecule has 0 atom stereocenters. The van der Waals surface area contributed by atoms with Gasteiger partial charge >= 0.3 is 5.69 Å². The normalized spacial score (nSPS) is 12.3. The lowest BCUT2D eigenvalue weighted by molar-refractivity contribution is -0.394. The SMILES string of the molecule is O=[N+]([O-])c1ccc(-n2cc3c(n2)-c2ccccc2CC3)c([N+](=O)[O-])c1. The van der Waals surface area contributed by atoms with Gasteiger partial charge in [0.1, 0.15) is 5.69 Å². The Balaban J connectivity index is 1.87. The summed E-state index contributed by atoms with van der Waals surface area (Å²) in [5, 5.41) is 26.8. The summed E-state index contributed by atoms with van der Waals surface area (Å²) in [4.78, 5) is 21.0. The standard InChI is InChI=1S/C17H12N4O4/c22-20(23)13-7-8-15(16(9-13)21(24)25)19-10-12-6-5-11-3-1-2-4-14(11)17(12)18-19/h1-4,7-10H,5-6H2. The van der Waals surface area contributed by atoms with Gasteiger partial charge in [0.25, 0.3) is 5.69 Å². The molecule has 1 aliphatic rings. The molecule has 124 valence electrons. The molecule has 0 spiro atoms. The van der Waals surface area contributed by atoms with Gasteiger partial charge in [-0.2, -0.15) is 5.10 Å². The Morgan fingerprint density at radius 1 is 0.960 bits per heavy atom. The lowest BCUT2D eigenvalue weighted by Crippen LogP contribution is -2.02. The summed E-state index contributed by atoms with van der Waals surface area (Å²) in [5.74, 6) is 0. The smallest absolute Gasteiger partial charge is 0.258 e. The van der Waals surface area contributed by atoms with Crippen molar-refractivity contribution in [1.29, 1.82) is 0 Å². The molecule has 0 unspecified atom stereocenters. The van der Waals surface area contributed by atoms with Gasteiger partial charge in [-0.15, -0.1) is 0 Å². The van der Waals surface area contributed by atoms with Gasteiger partial charge in [0, 0.05) is 17.8 Å². The summed E-state index contributed by atoms with van der Waals surface area (Å²) in [6, 6.07) is 11.5. The number of nitrogens with zero attached hydrogens (tertiary/aromatic N) is 4. The molecule has 8 heteroatoms. The molecule has 1 heterocycles. The van der Waals surface area contributed by atoms with Crippen molar-refractivity contribution in [2.24, 2.45) is 0 Å². The van der Waals surface area contributed by atoms with Gasteiger partial charge in [-0.1, -0.05) is 24.3 Å². The van der Waals surface area contributed by atoms with Crippen molar-refractivity contribution in [3.63, 3.8) is 0 Å². The topological polar surface area (TPSA) is 104 Å². The van der Waals surface area contributed by atoms with Crippen molar-refractivity contribution in [3.8, 4) is 16.9 Å². The van der Waals surface area contributed by atoms with Crippen LogP contribution in [0.1, 0.15) is 11.1 Å². The molecule has 4 rings (SSSR count). The number of nitro groups is 2. The minimum atomic E-state index is -0.652. The van der Waals surface area contributed by atoms with Gasteiger partial charge < -0.3 is 0 Å². The third kappa shape index (κ3) is 2.44. The van der Waals surface area contributed by atoms with Crippen LogP contribution < -0.4 is 0 Å². The van der Waals surface area contributed by atoms with Crippen LogP contribution in [0.5, 0.6) is 0 Å². The molecule has 0 N–H and O–H groups in total. The molecule has 0 amide bonds. The molecule has 0 fully saturated rings. The van der Waals surface area contributed by atoms with Crippen molar-refractivity contribution in [1.82, 2.24) is 9.78 Å². The maximum atomic E-state index is 11.4. The van der Waals surface area contributed by atoms with E-state index in [2.05, 4.69) is 5.10 Å². The fourth-order valence-corrected chi connectivity index (χ4v) is 3.15. The van der Waals surface area contributed by atoms with E-state index in [0.29, 0.717) is 0 Å². The monoisotopic (exact) mass is 336 g/mol. The number of hydrogen-bond acceptors (Lipinski definition) is 5. The third-order valence-corrected chi connectivity index (χ3v) is 4.34. The van der Waals surface area contributed by atoms with E-state index in [1.54, 1.807) is 6.20 Å². The molecule has 1 aliphatic carbocycles. The number of fused-ring (bicyclic) bond motifs is 3. The number of benzene rings is 2. The first-order chi connectivity index (χ1) is 12.0. The fraction of sp³-hybridized carbons (Fsp3) is 0.118. The Morgan fingerprint density at radius 3 is 2.48 bits per heavy atom. The van der Waals surface area contributed by atoms with Crippen molar-refractivity contribution in [2.45, 2.75) is 12.8 Å². The van der Waals surface area contributed by atoms with Crippen LogP contribution in [-0.4, -0.2) is 19.6 Å². The summed E-state index contributed by atoms with van der Waals surface area (Å²) in [6.45, 7) is 0. The highest BCUT2D eigenvalue weighted by Gasteiger charge is 2.24. The maximum absolute atomic E-state index is 11.4. The van der Waals surface area contributed by atoms with E-state index in [4.69, 9.17) is 0 Å². The quantitative estimate of drug-likeness (QED) is 0.538. The summed E-state index contributed by atoms with van der Waals surface area (Å²) in [5.41, 5.74) is 3.56. The molecule has 8 nitrogen and oxygen atoms in total. The largest absolute Gasteiger partial charge is 0.301 e. The molecule has 0 aliphatic heterocycles. The van der Waals surface area contributed by atoms with Crippen LogP contribution in [0.4, 0.5) is 11.4 Å². The molecule has 0 radical (unpaired) electrons. The highest BCUT2D eigenvalue weighted by Crippen LogP contribution is 2.34. The fourth-order valence-electron chi connectivity index (χ4n) is 3.15. The lowest BCUT2D eigenvalue weighted by atomic mass is 9.91. The van der Waals surface area contributed by atoms with Gasteiger partial charge in [-0.3, -0.25) is 20.2 Å². The van der Waals surface area contributed by atoms with E-state index in [9.17, 15) is 20.2 Å². The molecule has 25 heavy (non-hydrogen) atoms. The number of hydrogen-bond donors (Lipinski definition) is 0. The van der Waals surface area contributed by atoms with Crippen LogP contribution in [0, 0.1) is 20.2 Å². The van der Waals surface area contributed by atoms with Crippen molar-refractivity contribution in [2.75, 3.05) is 0 Å². The number of aryl methyl sites for hydroxylation is 2. The Morgan fingerprint density at radius 2 is 1.72 bits per heavy atom. The van der Waals surface area contributed by atoms with Crippen molar-refractivity contribution in [3.05, 3.63) is 80.0 Å². The lowest BCUT2D eigenvalue weighted by Gasteiger charge is -2.13. The minimum absolute atomic E-state index is 0.211. The number of nitro benzene ring substituents is 2. The van der Waals surface area contributed by atoms with Gasteiger partial charge in [-0.25, -0.2) is 4.68 Å². The zero-order valence-corrected chi connectivity index (χ0v) is 13.0. The Kier molecular flexibility index (Phi) is 3.31. The summed E-state index contributed by atoms with van der Waals surface area (Å²) < 4.78 is 1.44. The van der Waals surface area contributed by atoms with Gasteiger partial charge in [0.2, 0.25) is 0 Å². The highest BCUT2D eigenvalue weighted by atomic mass is 16.6. The molecule has 0 saturated carbocycles. The van der Waals surface area contributed by atoms with E-state index in [-0.39, 0.29) is 17.1 Å². The first-order valence-corrected chi connectivity index (χ1v) is 7.64. The molecule has 0 bridgehead atoms. The molecule has 1 aromatic heterocycles. The van der Waals surface area contributed by atoms with Crippen LogP contribution in [0.2, 0.25) is 0 Å². The summed E-state index contributed by atoms with van der Waals surface area (Å²) >= 11 is 0. The molecular weight excluding hydrogens is 324 g/mol. The van der Waals surface area contributed by atoms with Crippen LogP contribution in [0.15, 0.2) is 48.7 Å². The Bertz CT molecular complexity index is 1030. The van der Waals surface area contributed by atoms with Crippen LogP contribution in [-0.2, 0) is 12.8 Å². The van der Waals surface area contributed by atoms with Gasteiger partial charge in [0.05, 0.1) is 21.6 Å². The van der Waals surface area contributed by atoms with Gasteiger partial charge in [-0.05, 0) is 30.0 Å². The van der Waals surface area contributed by atoms with Crippen LogP contribution in [0.25, 0.3) is 16.9 Å². The molecule has 3 aromatic rings. The predicted octanol–water partition coefficient (Wildman–Crippen LogP) is 3.45. The predicted molar refractivity (Wildman–Crippen MR) is 89.7 cm³/mol. The van der Waals surface area contributed by atoms with E-state index in [0.717, 1.165) is 35.7 Å². The third-order valence-electron chi connectivity index (χ3n) is 4.34. The zero-order valence-electron chi connectivity index (χ0n) is 13.0. The molecule has 0 saturated heterocycles. The van der Waals surface area contributed by atoms with Crippen LogP contribution >= 0.6 is 0 Å². The molecular formula is C17H12N4O4. The van der Waals surface area contributed by atoms with Gasteiger partial charge in [0.15, 0.2) is 0 Å². The van der Waals surface area contributed by atoms with E-state index in [1.165, 1.54) is 22.4 Å². The number of non-ortho nitro benzene ring substituents is 1. The summed E-state index contributed by atoms with van der Waals surface area (Å²) in [7, 11) is 0. The highest BCUT2D eigenvalue weighted by molar-refractivity contribution is 5.70. The van der Waals surface area contributed by atoms with E-state index in [1.807, 2.05) is 24.3 Å². The average Bonchev–Trinajstić information content (AvgIpc) is 3.05. The number of aromatic nitrogens is 2. The average molecular weight is 336 g/mol. The van der Waals surface area contributed by atoms with E-state index < -0.39 is 9.85 Å². The Hall–Kier alpha value is -3.55. The zero-order chi connectivity index (χ0) is 17.6. The second-order valence-electron chi connectivity index (χ2n) is 5.79. The van der Waals surface area contributed by atoms with Crippen LogP contribution in [0.3, 0.4) is 0 Å². The maximum Gasteiger partial charge on any atom is 0.301 e. The van der Waals surface area contributed by atoms with Crippen molar-refractivity contribution >= 4 is 11.4 Å². The number of rotatable bonds is 3. The molecule has 2 aromatic carbocycles. The first-order valence-electron chi connectivity index (χ1n) is 7.64. The summed E-state index contributed by atoms with van der Waals surface area (Å²) in [6.07, 6.45) is 3.45. The second-order valence-corrected chi connectivity index (χ2v) is 5.79. The van der Waals surface area contributed by atoms with E-state index >= 15 is 0 Å². The van der Waals surface area contributed by atoms with Crippen molar-refractivity contribution < 1.29 is 9.85 Å². The second kappa shape index (κ2) is 5.52.